The fourth-order valence-corrected chi connectivity index (χ4v) is 4.98. The van der Waals surface area contributed by atoms with Gasteiger partial charge in [-0.1, -0.05) is 0 Å². The molecule has 3 aromatic heterocycles. The third-order valence-electron chi connectivity index (χ3n) is 6.75. The summed E-state index contributed by atoms with van der Waals surface area (Å²) in [5.74, 6) is 1.84. The van der Waals surface area contributed by atoms with Gasteiger partial charge in [0, 0.05) is 37.0 Å². The molecular formula is C21H27N7O2. The van der Waals surface area contributed by atoms with Gasteiger partial charge in [-0.25, -0.2) is 4.98 Å². The van der Waals surface area contributed by atoms with Crippen molar-refractivity contribution in [3.8, 4) is 5.82 Å². The molecule has 0 amide bonds. The first-order valence-corrected chi connectivity index (χ1v) is 10.8. The summed E-state index contributed by atoms with van der Waals surface area (Å²) in [5.41, 5.74) is 3.32. The van der Waals surface area contributed by atoms with Gasteiger partial charge in [0.1, 0.15) is 5.82 Å². The summed E-state index contributed by atoms with van der Waals surface area (Å²) >= 11 is 0. The Kier molecular flexibility index (Phi) is 4.29. The third kappa shape index (κ3) is 2.76. The molecule has 1 unspecified atom stereocenters. The molecule has 6 heterocycles. The average Bonchev–Trinajstić information content (AvgIpc) is 3.34. The van der Waals surface area contributed by atoms with Crippen molar-refractivity contribution in [1.82, 2.24) is 29.9 Å². The van der Waals surface area contributed by atoms with E-state index in [1.54, 1.807) is 6.20 Å². The van der Waals surface area contributed by atoms with Crippen LogP contribution in [-0.2, 0) is 15.9 Å². The monoisotopic (exact) mass is 409 g/mol. The van der Waals surface area contributed by atoms with Crippen molar-refractivity contribution in [2.75, 3.05) is 44.4 Å². The van der Waals surface area contributed by atoms with Crippen LogP contribution in [-0.4, -0.2) is 81.5 Å². The highest BCUT2D eigenvalue weighted by molar-refractivity contribution is 5.86. The summed E-state index contributed by atoms with van der Waals surface area (Å²) in [6.07, 6.45) is 2.66. The van der Waals surface area contributed by atoms with E-state index >= 15 is 0 Å². The first-order valence-electron chi connectivity index (χ1n) is 10.8. The Hall–Kier alpha value is -2.49. The minimum atomic E-state index is 0.278. The van der Waals surface area contributed by atoms with Crippen molar-refractivity contribution in [1.29, 1.82) is 0 Å². The topological polar surface area (TPSA) is 84.3 Å². The summed E-state index contributed by atoms with van der Waals surface area (Å²) < 4.78 is 13.1. The van der Waals surface area contributed by atoms with Crippen molar-refractivity contribution < 1.29 is 9.47 Å². The fraction of sp³-hybridized carbons (Fsp3) is 0.571. The number of aromatic nitrogens is 5. The van der Waals surface area contributed by atoms with Crippen LogP contribution in [0, 0.1) is 0 Å². The molecule has 3 aromatic rings. The fourth-order valence-electron chi connectivity index (χ4n) is 4.98. The predicted molar refractivity (Wildman–Crippen MR) is 112 cm³/mol. The lowest BCUT2D eigenvalue weighted by Crippen LogP contribution is -2.50. The highest BCUT2D eigenvalue weighted by atomic mass is 16.5. The van der Waals surface area contributed by atoms with Gasteiger partial charge in [-0.05, 0) is 25.5 Å². The SMILES string of the molecule is CC1c2cc(N3CCOC[C@H]3C)nc3c2c(nn3-c2ccn[nH]2)CCN1C1COC1. The number of morpholine rings is 1. The molecule has 6 rings (SSSR count). The number of nitrogens with one attached hydrogen (secondary N) is 1. The zero-order valence-corrected chi connectivity index (χ0v) is 17.4. The highest BCUT2D eigenvalue weighted by Gasteiger charge is 2.35. The number of nitrogens with zero attached hydrogens (tertiary/aromatic N) is 6. The van der Waals surface area contributed by atoms with E-state index in [2.05, 4.69) is 39.9 Å². The standard InChI is InChI=1S/C21H27N7O2/c1-13-10-29-8-7-26(13)19-9-16-14(2)27(15-11-30-12-15)6-4-17-20(16)21(23-19)28(25-17)18-3-5-22-24-18/h3,5,9,13-15H,4,6-8,10-12H2,1-2H3,(H,22,24)/t13-,14?/m1/s1. The normalized spacial score (nSPS) is 25.5. The van der Waals surface area contributed by atoms with E-state index in [9.17, 15) is 0 Å². The maximum absolute atomic E-state index is 5.66. The van der Waals surface area contributed by atoms with E-state index in [1.807, 2.05) is 10.7 Å². The second-order valence-corrected chi connectivity index (χ2v) is 8.54. The molecule has 9 heteroatoms. The van der Waals surface area contributed by atoms with E-state index in [0.717, 1.165) is 68.9 Å². The molecule has 1 N–H and O–H groups in total. The van der Waals surface area contributed by atoms with E-state index in [1.165, 1.54) is 10.9 Å². The maximum atomic E-state index is 5.66. The van der Waals surface area contributed by atoms with Crippen molar-refractivity contribution in [3.05, 3.63) is 29.6 Å². The number of aromatic amines is 1. The van der Waals surface area contributed by atoms with Crippen LogP contribution in [0.4, 0.5) is 5.82 Å². The molecule has 0 radical (unpaired) electrons. The Morgan fingerprint density at radius 3 is 2.77 bits per heavy atom. The molecule has 2 saturated heterocycles. The number of rotatable bonds is 3. The lowest BCUT2D eigenvalue weighted by atomic mass is 10.0. The van der Waals surface area contributed by atoms with Crippen molar-refractivity contribution in [2.45, 2.75) is 38.4 Å². The van der Waals surface area contributed by atoms with Crippen LogP contribution >= 0.6 is 0 Å². The Balaban J connectivity index is 1.55. The minimum absolute atomic E-state index is 0.278. The number of hydrogen-bond acceptors (Lipinski definition) is 7. The molecule has 0 saturated carbocycles. The van der Waals surface area contributed by atoms with Gasteiger partial charge in [0.05, 0.1) is 50.4 Å². The van der Waals surface area contributed by atoms with Crippen LogP contribution < -0.4 is 4.90 Å². The molecule has 2 atom stereocenters. The molecule has 3 aliphatic heterocycles. The first kappa shape index (κ1) is 18.3. The molecule has 0 aromatic carbocycles. The summed E-state index contributed by atoms with van der Waals surface area (Å²) in [7, 11) is 0. The van der Waals surface area contributed by atoms with Crippen molar-refractivity contribution in [3.63, 3.8) is 0 Å². The highest BCUT2D eigenvalue weighted by Crippen LogP contribution is 2.38. The number of anilines is 1. The Bertz CT molecular complexity index is 1060. The van der Waals surface area contributed by atoms with Gasteiger partial charge in [-0.15, -0.1) is 0 Å². The van der Waals surface area contributed by atoms with Gasteiger partial charge < -0.3 is 14.4 Å². The molecule has 0 aliphatic carbocycles. The van der Waals surface area contributed by atoms with Gasteiger partial charge >= 0.3 is 0 Å². The van der Waals surface area contributed by atoms with Crippen molar-refractivity contribution >= 4 is 16.9 Å². The first-order chi connectivity index (χ1) is 14.7. The summed E-state index contributed by atoms with van der Waals surface area (Å²) in [6, 6.07) is 5.28. The molecule has 2 fully saturated rings. The van der Waals surface area contributed by atoms with E-state index in [0.29, 0.717) is 6.04 Å². The lowest BCUT2D eigenvalue weighted by molar-refractivity contribution is -0.0769. The van der Waals surface area contributed by atoms with Gasteiger partial charge in [0.2, 0.25) is 0 Å². The van der Waals surface area contributed by atoms with Gasteiger partial charge in [0.15, 0.2) is 11.5 Å². The van der Waals surface area contributed by atoms with Crippen LogP contribution in [0.1, 0.15) is 31.1 Å². The van der Waals surface area contributed by atoms with E-state index in [-0.39, 0.29) is 12.1 Å². The summed E-state index contributed by atoms with van der Waals surface area (Å²) in [4.78, 5) is 10.1. The number of pyridine rings is 1. The summed E-state index contributed by atoms with van der Waals surface area (Å²) in [5, 5.41) is 13.3. The van der Waals surface area contributed by atoms with Crippen molar-refractivity contribution in [2.24, 2.45) is 0 Å². The Morgan fingerprint density at radius 2 is 2.03 bits per heavy atom. The second-order valence-electron chi connectivity index (χ2n) is 8.54. The van der Waals surface area contributed by atoms with Crippen LogP contribution in [0.5, 0.6) is 0 Å². The molecular weight excluding hydrogens is 382 g/mol. The third-order valence-corrected chi connectivity index (χ3v) is 6.75. The van der Waals surface area contributed by atoms with Crippen LogP contribution in [0.25, 0.3) is 16.9 Å². The van der Waals surface area contributed by atoms with E-state index < -0.39 is 0 Å². The molecule has 0 spiro atoms. The van der Waals surface area contributed by atoms with Crippen LogP contribution in [0.2, 0.25) is 0 Å². The maximum Gasteiger partial charge on any atom is 0.167 e. The van der Waals surface area contributed by atoms with Gasteiger partial charge in [-0.2, -0.15) is 14.9 Å². The lowest BCUT2D eigenvalue weighted by Gasteiger charge is -2.41. The molecule has 9 nitrogen and oxygen atoms in total. The average molecular weight is 409 g/mol. The molecule has 30 heavy (non-hydrogen) atoms. The van der Waals surface area contributed by atoms with E-state index in [4.69, 9.17) is 19.6 Å². The van der Waals surface area contributed by atoms with Gasteiger partial charge in [-0.3, -0.25) is 10.00 Å². The summed E-state index contributed by atoms with van der Waals surface area (Å²) in [6.45, 7) is 9.41. The Labute approximate surface area is 175 Å². The Morgan fingerprint density at radius 1 is 1.13 bits per heavy atom. The van der Waals surface area contributed by atoms with Gasteiger partial charge in [0.25, 0.3) is 0 Å². The zero-order valence-electron chi connectivity index (χ0n) is 17.4. The number of H-pyrrole nitrogens is 1. The number of hydrogen-bond donors (Lipinski definition) is 1. The molecule has 0 bridgehead atoms. The molecule has 158 valence electrons. The second kappa shape index (κ2) is 7.04. The predicted octanol–water partition coefficient (Wildman–Crippen LogP) is 1.69. The number of ether oxygens (including phenoxy) is 2. The quantitative estimate of drug-likeness (QED) is 0.705. The molecule has 3 aliphatic rings. The smallest absolute Gasteiger partial charge is 0.167 e. The van der Waals surface area contributed by atoms with Crippen LogP contribution in [0.3, 0.4) is 0 Å². The zero-order chi connectivity index (χ0) is 20.2. The minimum Gasteiger partial charge on any atom is -0.378 e. The van der Waals surface area contributed by atoms with Crippen LogP contribution in [0.15, 0.2) is 18.3 Å². The largest absolute Gasteiger partial charge is 0.378 e.